The van der Waals surface area contributed by atoms with E-state index in [2.05, 4.69) is 28.9 Å². The molecule has 0 spiro atoms. The van der Waals surface area contributed by atoms with E-state index in [0.717, 1.165) is 31.8 Å². The van der Waals surface area contributed by atoms with Gasteiger partial charge in [0.15, 0.2) is 11.4 Å². The van der Waals surface area contributed by atoms with Crippen LogP contribution in [0.5, 0.6) is 0 Å². The average Bonchev–Trinajstić information content (AvgIpc) is 2.98. The Morgan fingerprint density at radius 1 is 0.763 bits per heavy atom. The van der Waals surface area contributed by atoms with Crippen molar-refractivity contribution in [1.82, 2.24) is 9.97 Å². The number of esters is 4. The molecule has 0 saturated carbocycles. The molecule has 0 aliphatic carbocycles. The molecule has 2 aromatic rings. The van der Waals surface area contributed by atoms with Gasteiger partial charge in [0.25, 0.3) is 0 Å². The summed E-state index contributed by atoms with van der Waals surface area (Å²) in [6.07, 6.45) is 3.75. The van der Waals surface area contributed by atoms with E-state index < -0.39 is 23.9 Å². The van der Waals surface area contributed by atoms with Crippen LogP contribution in [0.2, 0.25) is 0 Å². The van der Waals surface area contributed by atoms with Gasteiger partial charge in [-0.15, -0.1) is 0 Å². The molecule has 0 radical (unpaired) electrons. The molecule has 0 aliphatic heterocycles. The Morgan fingerprint density at radius 2 is 1.11 bits per heavy atom. The summed E-state index contributed by atoms with van der Waals surface area (Å²) < 4.78 is 18.2. The second kappa shape index (κ2) is 25.4. The summed E-state index contributed by atoms with van der Waals surface area (Å²) >= 11 is 0. The van der Waals surface area contributed by atoms with E-state index in [1.54, 1.807) is 19.2 Å². The van der Waals surface area contributed by atoms with Gasteiger partial charge >= 0.3 is 53.4 Å². The zero-order valence-electron chi connectivity index (χ0n) is 23.1. The molecule has 206 valence electrons. The summed E-state index contributed by atoms with van der Waals surface area (Å²) in [4.78, 5) is 61.2. The van der Waals surface area contributed by atoms with Crippen molar-refractivity contribution in [1.29, 1.82) is 0 Å². The number of hydrogen-bond donors (Lipinski definition) is 1. The third-order valence-electron chi connectivity index (χ3n) is 3.95. The maximum absolute atomic E-state index is 11.5. The number of carbonyl (C=O) groups excluding carboxylic acids is 5. The van der Waals surface area contributed by atoms with Crippen molar-refractivity contribution >= 4 is 30.7 Å². The molecule has 0 atom stereocenters. The van der Waals surface area contributed by atoms with E-state index in [4.69, 9.17) is 15.0 Å². The zero-order valence-corrected chi connectivity index (χ0v) is 25.1. The molecule has 0 unspecified atom stereocenters. The molecule has 0 saturated heterocycles. The van der Waals surface area contributed by atoms with E-state index in [9.17, 15) is 19.2 Å². The molecule has 2 heterocycles. The number of methoxy groups -OCH3 is 4. The average molecular weight is 549 g/mol. The number of carbonyl (C=O) groups is 5. The number of nitrogens with zero attached hydrogens (tertiary/aromatic N) is 2. The van der Waals surface area contributed by atoms with Crippen molar-refractivity contribution in [3.63, 3.8) is 0 Å². The van der Waals surface area contributed by atoms with Gasteiger partial charge < -0.3 is 34.0 Å². The minimum Gasteiger partial charge on any atom is -0.857 e. The van der Waals surface area contributed by atoms with E-state index in [0.29, 0.717) is 0 Å². The van der Waals surface area contributed by atoms with E-state index >= 15 is 0 Å². The van der Waals surface area contributed by atoms with Gasteiger partial charge in [-0.05, 0) is 36.6 Å². The smallest absolute Gasteiger partial charge is 0.857 e. The first-order valence-corrected chi connectivity index (χ1v) is 10.2. The molecule has 13 nitrogen and oxygen atoms in total. The Kier molecular flexibility index (Phi) is 28.0. The fraction of sp³-hybridized carbons (Fsp3) is 0.375. The van der Waals surface area contributed by atoms with Crippen LogP contribution in [-0.4, -0.2) is 88.4 Å². The fourth-order valence-electron chi connectivity index (χ4n) is 2.32. The van der Waals surface area contributed by atoms with Gasteiger partial charge in [0.2, 0.25) is 0 Å². The first kappa shape index (κ1) is 41.9. The van der Waals surface area contributed by atoms with Crippen LogP contribution in [0.4, 0.5) is 0 Å². The van der Waals surface area contributed by atoms with E-state index in [1.807, 2.05) is 13.7 Å². The summed E-state index contributed by atoms with van der Waals surface area (Å²) in [5.74, 6) is -2.51. The van der Waals surface area contributed by atoms with Crippen molar-refractivity contribution in [2.45, 2.75) is 20.3 Å². The molecule has 2 rings (SSSR count). The second-order valence-corrected chi connectivity index (χ2v) is 5.97. The molecule has 1 N–H and O–H groups in total. The Bertz CT molecular complexity index is 1000. The number of pyridine rings is 2. The molecular weight excluding hydrogens is 515 g/mol. The number of aliphatic hydroxyl groups is 1. The van der Waals surface area contributed by atoms with Crippen molar-refractivity contribution < 1.29 is 82.7 Å². The van der Waals surface area contributed by atoms with Gasteiger partial charge in [-0.3, -0.25) is 0 Å². The predicted molar refractivity (Wildman–Crippen MR) is 129 cm³/mol. The fourth-order valence-corrected chi connectivity index (χ4v) is 2.32. The summed E-state index contributed by atoms with van der Waals surface area (Å²) in [7, 11) is 6.71. The molecule has 0 aliphatic rings. The largest absolute Gasteiger partial charge is 1.00 e. The normalized spacial score (nSPS) is 8.26. The van der Waals surface area contributed by atoms with Crippen molar-refractivity contribution in [2.24, 2.45) is 0 Å². The van der Waals surface area contributed by atoms with E-state index in [1.165, 1.54) is 40.7 Å². The van der Waals surface area contributed by atoms with Crippen LogP contribution in [0, 0.1) is 6.92 Å². The number of hydrogen-bond acceptors (Lipinski definition) is 13. The summed E-state index contributed by atoms with van der Waals surface area (Å²) in [6, 6.07) is 3.12. The third-order valence-corrected chi connectivity index (χ3v) is 3.95. The van der Waals surface area contributed by atoms with Crippen molar-refractivity contribution in [2.75, 3.05) is 42.7 Å². The summed E-state index contributed by atoms with van der Waals surface area (Å²) in [5.41, 5.74) is 1.82. The van der Waals surface area contributed by atoms with E-state index in [-0.39, 0.29) is 52.1 Å². The van der Waals surface area contributed by atoms with Crippen LogP contribution in [0.1, 0.15) is 59.7 Å². The topological polar surface area (TPSA) is 191 Å². The number of ether oxygens (including phenoxy) is 4. The van der Waals surface area contributed by atoms with Gasteiger partial charge in [-0.25, -0.2) is 29.1 Å². The quantitative estimate of drug-likeness (QED) is 0.236. The molecule has 2 aromatic heterocycles. The summed E-state index contributed by atoms with van der Waals surface area (Å²) in [6.45, 7) is 5.69. The van der Waals surface area contributed by atoms with Crippen molar-refractivity contribution in [3.05, 3.63) is 58.2 Å². The summed E-state index contributed by atoms with van der Waals surface area (Å²) in [5, 5.41) is 15.2. The minimum atomic E-state index is -0.657. The molecule has 0 fully saturated rings. The number of aliphatic hydroxyl groups excluding tert-OH is 1. The SMILES string of the molecule is C=O.CCc1cnc(C(=O)OC)c(C(=O)OC)c1.CO.COC(=O)c1cc(C)cnc1C(=O)OC.C[O-].[Na+]. The second-order valence-electron chi connectivity index (χ2n) is 5.97. The maximum Gasteiger partial charge on any atom is 1.00 e. The Morgan fingerprint density at radius 3 is 1.45 bits per heavy atom. The Hall–Kier alpha value is -3.23. The van der Waals surface area contributed by atoms with Crippen LogP contribution in [-0.2, 0) is 30.2 Å². The number of aryl methyl sites for hydroxylation is 2. The molecule has 0 bridgehead atoms. The van der Waals surface area contributed by atoms with Crippen molar-refractivity contribution in [3.8, 4) is 0 Å². The van der Waals surface area contributed by atoms with Crippen LogP contribution in [0.15, 0.2) is 24.5 Å². The number of rotatable bonds is 5. The van der Waals surface area contributed by atoms with Crippen LogP contribution in [0.3, 0.4) is 0 Å². The zero-order chi connectivity index (χ0) is 29.6. The molecule has 38 heavy (non-hydrogen) atoms. The molecular formula is C24H33N2NaO11. The van der Waals surface area contributed by atoms with Gasteiger partial charge in [-0.2, -0.15) is 7.11 Å². The minimum absolute atomic E-state index is 0. The monoisotopic (exact) mass is 548 g/mol. The molecule has 14 heteroatoms. The molecule has 0 aromatic carbocycles. The molecule has 0 amide bonds. The van der Waals surface area contributed by atoms with Crippen LogP contribution < -0.4 is 34.7 Å². The van der Waals surface area contributed by atoms with Gasteiger partial charge in [0.05, 0.1) is 39.6 Å². The first-order valence-electron chi connectivity index (χ1n) is 10.2. The van der Waals surface area contributed by atoms with Crippen LogP contribution >= 0.6 is 0 Å². The third kappa shape index (κ3) is 13.9. The first-order chi connectivity index (χ1) is 17.7. The van der Waals surface area contributed by atoms with Gasteiger partial charge in [0.1, 0.15) is 6.79 Å². The number of aromatic nitrogens is 2. The van der Waals surface area contributed by atoms with Gasteiger partial charge in [0, 0.05) is 19.5 Å². The predicted octanol–water partition coefficient (Wildman–Crippen LogP) is -2.42. The Labute approximate surface area is 243 Å². The van der Waals surface area contributed by atoms with Gasteiger partial charge in [-0.1, -0.05) is 6.92 Å². The van der Waals surface area contributed by atoms with Crippen LogP contribution in [0.25, 0.3) is 0 Å². The standard InChI is InChI=1S/C11H13NO4.C10H11NO4.CH4O.CH3O.CH2O.Na/c1-4-7-5-8(10(13)15-2)9(12-6-7)11(14)16-3;1-6-4-7(9(12)14-2)8(11-5-6)10(13)15-3;3*1-2;/h5-6H,4H2,1-3H3;4-5H,1-3H3;2H,1H3;1H3;1H2;/q;;;-1;;+1. The maximum atomic E-state index is 11.5. The Balaban J connectivity index is -0.000000249.